The van der Waals surface area contributed by atoms with Gasteiger partial charge in [0.05, 0.1) is 20.0 Å². The fourth-order valence-corrected chi connectivity index (χ4v) is 2.04. The van der Waals surface area contributed by atoms with E-state index in [0.29, 0.717) is 12.5 Å². The van der Waals surface area contributed by atoms with Crippen molar-refractivity contribution in [3.63, 3.8) is 0 Å². The van der Waals surface area contributed by atoms with Crippen molar-refractivity contribution in [2.45, 2.75) is 20.0 Å². The van der Waals surface area contributed by atoms with Gasteiger partial charge in [0.15, 0.2) is 0 Å². The summed E-state index contributed by atoms with van der Waals surface area (Å²) >= 11 is 0. The molecule has 0 amide bonds. The molecule has 19 heavy (non-hydrogen) atoms. The SMILES string of the molecule is COc1cc(COC2=CC=CC(C)C2)cc(OC)c1. The van der Waals surface area contributed by atoms with Crippen LogP contribution in [-0.2, 0) is 11.3 Å². The molecular formula is C16H20O3. The number of methoxy groups -OCH3 is 2. The molecule has 0 saturated heterocycles. The highest BCUT2D eigenvalue weighted by atomic mass is 16.5. The van der Waals surface area contributed by atoms with Gasteiger partial charge in [-0.2, -0.15) is 0 Å². The first-order valence-corrected chi connectivity index (χ1v) is 6.43. The summed E-state index contributed by atoms with van der Waals surface area (Å²) in [4.78, 5) is 0. The Balaban J connectivity index is 2.03. The summed E-state index contributed by atoms with van der Waals surface area (Å²) in [5.41, 5.74) is 1.04. The zero-order chi connectivity index (χ0) is 13.7. The first kappa shape index (κ1) is 13.5. The molecule has 3 nitrogen and oxygen atoms in total. The van der Waals surface area contributed by atoms with Gasteiger partial charge < -0.3 is 14.2 Å². The van der Waals surface area contributed by atoms with Crippen LogP contribution in [0.2, 0.25) is 0 Å². The first-order chi connectivity index (χ1) is 9.21. The highest BCUT2D eigenvalue weighted by molar-refractivity contribution is 5.38. The Morgan fingerprint density at radius 2 is 1.79 bits per heavy atom. The molecule has 102 valence electrons. The van der Waals surface area contributed by atoms with E-state index in [2.05, 4.69) is 19.1 Å². The van der Waals surface area contributed by atoms with E-state index in [0.717, 1.165) is 29.2 Å². The van der Waals surface area contributed by atoms with E-state index in [4.69, 9.17) is 14.2 Å². The van der Waals surface area contributed by atoms with Crippen LogP contribution in [0.15, 0.2) is 42.2 Å². The molecule has 1 atom stereocenters. The van der Waals surface area contributed by atoms with Crippen LogP contribution in [0.3, 0.4) is 0 Å². The second kappa shape index (κ2) is 6.32. The van der Waals surface area contributed by atoms with Gasteiger partial charge in [-0.05, 0) is 29.7 Å². The van der Waals surface area contributed by atoms with Crippen LogP contribution in [0.1, 0.15) is 18.9 Å². The number of allylic oxidation sites excluding steroid dienone is 4. The Kier molecular flexibility index (Phi) is 4.50. The molecule has 0 fully saturated rings. The van der Waals surface area contributed by atoms with E-state index in [1.807, 2.05) is 24.3 Å². The summed E-state index contributed by atoms with van der Waals surface area (Å²) in [7, 11) is 3.30. The van der Waals surface area contributed by atoms with Crippen LogP contribution in [0, 0.1) is 5.92 Å². The zero-order valence-electron chi connectivity index (χ0n) is 11.7. The van der Waals surface area contributed by atoms with Gasteiger partial charge in [0.2, 0.25) is 0 Å². The fourth-order valence-electron chi connectivity index (χ4n) is 2.04. The summed E-state index contributed by atoms with van der Waals surface area (Å²) < 4.78 is 16.3. The highest BCUT2D eigenvalue weighted by Gasteiger charge is 2.08. The Morgan fingerprint density at radius 3 is 2.37 bits per heavy atom. The van der Waals surface area contributed by atoms with Gasteiger partial charge in [0.25, 0.3) is 0 Å². The van der Waals surface area contributed by atoms with Crippen molar-refractivity contribution in [3.05, 3.63) is 47.7 Å². The largest absolute Gasteiger partial charge is 0.497 e. The molecule has 0 radical (unpaired) electrons. The third-order valence-electron chi connectivity index (χ3n) is 3.08. The van der Waals surface area contributed by atoms with Gasteiger partial charge >= 0.3 is 0 Å². The lowest BCUT2D eigenvalue weighted by Crippen LogP contribution is -2.02. The van der Waals surface area contributed by atoms with Crippen molar-refractivity contribution >= 4 is 0 Å². The Labute approximate surface area is 114 Å². The average molecular weight is 260 g/mol. The smallest absolute Gasteiger partial charge is 0.122 e. The second-order valence-corrected chi connectivity index (χ2v) is 4.71. The topological polar surface area (TPSA) is 27.7 Å². The van der Waals surface area contributed by atoms with Crippen LogP contribution < -0.4 is 9.47 Å². The molecule has 1 aromatic carbocycles. The lowest BCUT2D eigenvalue weighted by Gasteiger charge is -2.16. The summed E-state index contributed by atoms with van der Waals surface area (Å²) in [6.45, 7) is 2.71. The van der Waals surface area contributed by atoms with E-state index in [1.165, 1.54) is 0 Å². The standard InChI is InChI=1S/C16H20O3/c1-12-5-4-6-14(7-12)19-11-13-8-15(17-2)10-16(9-13)18-3/h4-6,8-10,12H,7,11H2,1-3H3. The van der Waals surface area contributed by atoms with E-state index < -0.39 is 0 Å². The number of rotatable bonds is 5. The monoisotopic (exact) mass is 260 g/mol. The summed E-state index contributed by atoms with van der Waals surface area (Å²) in [6, 6.07) is 5.78. The molecule has 2 rings (SSSR count). The zero-order valence-corrected chi connectivity index (χ0v) is 11.7. The van der Waals surface area contributed by atoms with Crippen LogP contribution in [0.5, 0.6) is 11.5 Å². The molecule has 0 N–H and O–H groups in total. The molecule has 0 saturated carbocycles. The number of hydrogen-bond donors (Lipinski definition) is 0. The summed E-state index contributed by atoms with van der Waals surface area (Å²) in [5, 5.41) is 0. The van der Waals surface area contributed by atoms with Gasteiger partial charge in [-0.3, -0.25) is 0 Å². The van der Waals surface area contributed by atoms with Gasteiger partial charge in [-0.15, -0.1) is 0 Å². The summed E-state index contributed by atoms with van der Waals surface area (Å²) in [5.74, 6) is 3.13. The Morgan fingerprint density at radius 1 is 1.11 bits per heavy atom. The quantitative estimate of drug-likeness (QED) is 0.808. The minimum absolute atomic E-state index is 0.528. The van der Waals surface area contributed by atoms with Crippen molar-refractivity contribution < 1.29 is 14.2 Å². The van der Waals surface area contributed by atoms with Crippen molar-refractivity contribution in [2.24, 2.45) is 5.92 Å². The minimum Gasteiger partial charge on any atom is -0.497 e. The molecule has 0 aromatic heterocycles. The van der Waals surface area contributed by atoms with E-state index in [-0.39, 0.29) is 0 Å². The van der Waals surface area contributed by atoms with E-state index in [1.54, 1.807) is 14.2 Å². The third kappa shape index (κ3) is 3.78. The molecule has 1 aromatic rings. The second-order valence-electron chi connectivity index (χ2n) is 4.71. The van der Waals surface area contributed by atoms with Crippen LogP contribution in [0.25, 0.3) is 0 Å². The van der Waals surface area contributed by atoms with Crippen molar-refractivity contribution in [1.82, 2.24) is 0 Å². The van der Waals surface area contributed by atoms with Gasteiger partial charge in [0, 0.05) is 12.5 Å². The van der Waals surface area contributed by atoms with Crippen molar-refractivity contribution in [2.75, 3.05) is 14.2 Å². The molecular weight excluding hydrogens is 240 g/mol. The average Bonchev–Trinajstić information content (AvgIpc) is 2.44. The van der Waals surface area contributed by atoms with Gasteiger partial charge in [0.1, 0.15) is 18.1 Å². The van der Waals surface area contributed by atoms with Gasteiger partial charge in [-0.1, -0.05) is 19.1 Å². The van der Waals surface area contributed by atoms with Crippen LogP contribution in [-0.4, -0.2) is 14.2 Å². The minimum atomic E-state index is 0.528. The molecule has 1 aliphatic rings. The third-order valence-corrected chi connectivity index (χ3v) is 3.08. The van der Waals surface area contributed by atoms with E-state index >= 15 is 0 Å². The summed E-state index contributed by atoms with van der Waals surface area (Å²) in [6.07, 6.45) is 7.21. The normalized spacial score (nSPS) is 17.8. The molecule has 1 unspecified atom stereocenters. The lowest BCUT2D eigenvalue weighted by molar-refractivity contribution is 0.182. The maximum Gasteiger partial charge on any atom is 0.122 e. The van der Waals surface area contributed by atoms with Gasteiger partial charge in [-0.25, -0.2) is 0 Å². The van der Waals surface area contributed by atoms with E-state index in [9.17, 15) is 0 Å². The molecule has 3 heteroatoms. The van der Waals surface area contributed by atoms with Crippen molar-refractivity contribution in [3.8, 4) is 11.5 Å². The number of ether oxygens (including phenoxy) is 3. The Bertz CT molecular complexity index is 467. The molecule has 0 bridgehead atoms. The lowest BCUT2D eigenvalue weighted by atomic mass is 10.0. The Hall–Kier alpha value is -1.90. The number of hydrogen-bond acceptors (Lipinski definition) is 3. The predicted octanol–water partition coefficient (Wildman–Crippen LogP) is 3.70. The van der Waals surface area contributed by atoms with Crippen LogP contribution >= 0.6 is 0 Å². The van der Waals surface area contributed by atoms with Crippen LogP contribution in [0.4, 0.5) is 0 Å². The van der Waals surface area contributed by atoms with Crippen molar-refractivity contribution in [1.29, 1.82) is 0 Å². The highest BCUT2D eigenvalue weighted by Crippen LogP contribution is 2.25. The first-order valence-electron chi connectivity index (χ1n) is 6.43. The molecule has 1 aliphatic carbocycles. The molecule has 0 heterocycles. The predicted molar refractivity (Wildman–Crippen MR) is 75.3 cm³/mol. The number of benzene rings is 1. The molecule has 0 aliphatic heterocycles. The maximum atomic E-state index is 5.84. The maximum absolute atomic E-state index is 5.84. The fraction of sp³-hybridized carbons (Fsp3) is 0.375. The molecule has 0 spiro atoms.